The summed E-state index contributed by atoms with van der Waals surface area (Å²) in [5, 5.41) is 10.1. The van der Waals surface area contributed by atoms with Crippen molar-refractivity contribution in [3.05, 3.63) is 17.0 Å². The first-order valence-corrected chi connectivity index (χ1v) is 5.85. The van der Waals surface area contributed by atoms with Gasteiger partial charge in [-0.3, -0.25) is 9.48 Å². The Hall–Kier alpha value is -1.74. The Morgan fingerprint density at radius 2 is 1.76 bits per heavy atom. The summed E-state index contributed by atoms with van der Waals surface area (Å²) in [6.45, 7) is 0.964. The van der Waals surface area contributed by atoms with Crippen LogP contribution in [0.3, 0.4) is 0 Å². The first kappa shape index (κ1) is 17.3. The van der Waals surface area contributed by atoms with E-state index in [4.69, 9.17) is 9.90 Å². The summed E-state index contributed by atoms with van der Waals surface area (Å²) in [7, 11) is 0. The minimum absolute atomic E-state index is 0.166. The van der Waals surface area contributed by atoms with Gasteiger partial charge in [0, 0.05) is 19.4 Å². The molecule has 0 fully saturated rings. The maximum Gasteiger partial charge on any atom is 0.290 e. The van der Waals surface area contributed by atoms with E-state index in [9.17, 15) is 26.3 Å². The number of halogens is 6. The monoisotopic (exact) mass is 318 g/mol. The van der Waals surface area contributed by atoms with Crippen molar-refractivity contribution in [2.75, 3.05) is 0 Å². The molecule has 120 valence electrons. The van der Waals surface area contributed by atoms with Crippen LogP contribution in [-0.2, 0) is 23.2 Å². The van der Waals surface area contributed by atoms with Gasteiger partial charge in [0.25, 0.3) is 24.7 Å². The second-order valence-electron chi connectivity index (χ2n) is 4.24. The molecule has 0 aromatic carbocycles. The van der Waals surface area contributed by atoms with Gasteiger partial charge < -0.3 is 5.11 Å². The summed E-state index contributed by atoms with van der Waals surface area (Å²) in [5.41, 5.74) is -3.61. The molecule has 1 N–H and O–H groups in total. The second-order valence-corrected chi connectivity index (χ2v) is 4.24. The molecular formula is C11H12F6N2O2. The molecule has 0 spiro atoms. The van der Waals surface area contributed by atoms with Crippen LogP contribution in [0.2, 0.25) is 0 Å². The summed E-state index contributed by atoms with van der Waals surface area (Å²) in [4.78, 5) is 8.36. The predicted octanol–water partition coefficient (Wildman–Crippen LogP) is 3.52. The largest absolute Gasteiger partial charge is 0.483 e. The summed E-state index contributed by atoms with van der Waals surface area (Å²) in [6.07, 6.45) is -5.52. The van der Waals surface area contributed by atoms with Crippen molar-refractivity contribution in [1.29, 1.82) is 0 Å². The molecule has 0 saturated heterocycles. The van der Waals surface area contributed by atoms with Gasteiger partial charge in [0.2, 0.25) is 0 Å². The van der Waals surface area contributed by atoms with Crippen molar-refractivity contribution in [3.8, 4) is 0 Å². The normalized spacial score (nSPS) is 18.7. The molecule has 0 saturated carbocycles. The first-order chi connectivity index (χ1) is 9.62. The molecule has 1 aromatic rings. The molecular weight excluding hydrogens is 306 g/mol. The number of aromatic nitrogens is 2. The van der Waals surface area contributed by atoms with Crippen LogP contribution in [0.5, 0.6) is 0 Å². The van der Waals surface area contributed by atoms with Crippen LogP contribution >= 0.6 is 0 Å². The number of carboxylic acid groups (broad SMARTS) is 1. The zero-order valence-corrected chi connectivity index (χ0v) is 10.8. The standard InChI is InChI=1S/C10H10F6N2.CH2O2/c1-2-18-7-5(6(17-18)8(11)12)9(13,14)3-4-10(7,15)16;2-1-3/h8H,2-4H2,1H3;1H,(H,2,3). The van der Waals surface area contributed by atoms with E-state index in [2.05, 4.69) is 5.10 Å². The highest BCUT2D eigenvalue weighted by Gasteiger charge is 2.54. The minimum Gasteiger partial charge on any atom is -0.483 e. The predicted molar refractivity (Wildman–Crippen MR) is 58.6 cm³/mol. The van der Waals surface area contributed by atoms with E-state index >= 15 is 0 Å². The summed E-state index contributed by atoms with van der Waals surface area (Å²) in [6, 6.07) is 0. The van der Waals surface area contributed by atoms with Crippen molar-refractivity contribution < 1.29 is 36.2 Å². The van der Waals surface area contributed by atoms with Crippen LogP contribution < -0.4 is 0 Å². The quantitative estimate of drug-likeness (QED) is 0.670. The number of hydrogen-bond donors (Lipinski definition) is 1. The third-order valence-corrected chi connectivity index (χ3v) is 2.95. The fourth-order valence-corrected chi connectivity index (χ4v) is 2.15. The molecule has 0 bridgehead atoms. The van der Waals surface area contributed by atoms with Gasteiger partial charge in [-0.25, -0.2) is 17.6 Å². The van der Waals surface area contributed by atoms with Gasteiger partial charge in [0.1, 0.15) is 11.4 Å². The average molecular weight is 318 g/mol. The van der Waals surface area contributed by atoms with Gasteiger partial charge >= 0.3 is 0 Å². The van der Waals surface area contributed by atoms with E-state index in [1.807, 2.05) is 0 Å². The molecule has 0 atom stereocenters. The molecule has 1 aliphatic carbocycles. The highest BCUT2D eigenvalue weighted by molar-refractivity contribution is 5.37. The fraction of sp³-hybridized carbons (Fsp3) is 0.636. The zero-order valence-electron chi connectivity index (χ0n) is 10.8. The molecule has 1 heterocycles. The van der Waals surface area contributed by atoms with Gasteiger partial charge in [0.15, 0.2) is 0 Å². The highest BCUT2D eigenvalue weighted by Crippen LogP contribution is 2.52. The van der Waals surface area contributed by atoms with Crippen molar-refractivity contribution in [1.82, 2.24) is 9.78 Å². The molecule has 0 unspecified atom stereocenters. The number of hydrogen-bond acceptors (Lipinski definition) is 2. The Morgan fingerprint density at radius 1 is 1.29 bits per heavy atom. The number of rotatable bonds is 2. The lowest BCUT2D eigenvalue weighted by Crippen LogP contribution is -2.32. The van der Waals surface area contributed by atoms with Crippen LogP contribution in [-0.4, -0.2) is 21.4 Å². The molecule has 1 aliphatic rings. The Morgan fingerprint density at radius 3 is 2.19 bits per heavy atom. The maximum absolute atomic E-state index is 13.6. The Balaban J connectivity index is 0.000000677. The molecule has 2 rings (SSSR count). The van der Waals surface area contributed by atoms with Crippen LogP contribution in [0.15, 0.2) is 0 Å². The molecule has 0 radical (unpaired) electrons. The van der Waals surface area contributed by atoms with E-state index in [0.717, 1.165) is 0 Å². The average Bonchev–Trinajstić information content (AvgIpc) is 2.78. The zero-order chi connectivity index (χ0) is 16.4. The van der Waals surface area contributed by atoms with Crippen LogP contribution in [0.1, 0.15) is 43.1 Å². The van der Waals surface area contributed by atoms with Crippen LogP contribution in [0.4, 0.5) is 26.3 Å². The van der Waals surface area contributed by atoms with Gasteiger partial charge in [-0.1, -0.05) is 0 Å². The van der Waals surface area contributed by atoms with Crippen LogP contribution in [0.25, 0.3) is 0 Å². The molecule has 21 heavy (non-hydrogen) atoms. The molecule has 0 aliphatic heterocycles. The maximum atomic E-state index is 13.6. The SMILES string of the molecule is CCn1nc(C(F)F)c2c1C(F)(F)CCC2(F)F.O=CO. The lowest BCUT2D eigenvalue weighted by Gasteiger charge is -2.29. The minimum atomic E-state index is -3.68. The number of nitrogens with zero attached hydrogens (tertiary/aromatic N) is 2. The number of fused-ring (bicyclic) bond motifs is 1. The first-order valence-electron chi connectivity index (χ1n) is 5.85. The van der Waals surface area contributed by atoms with Gasteiger partial charge in [-0.15, -0.1) is 0 Å². The van der Waals surface area contributed by atoms with E-state index < -0.39 is 48.1 Å². The summed E-state index contributed by atoms with van der Waals surface area (Å²) < 4.78 is 80.3. The van der Waals surface area contributed by atoms with Crippen molar-refractivity contribution in [2.45, 2.75) is 44.6 Å². The second kappa shape index (κ2) is 5.94. The summed E-state index contributed by atoms with van der Waals surface area (Å²) in [5.74, 6) is -7.23. The van der Waals surface area contributed by atoms with Gasteiger partial charge in [0.05, 0.1) is 5.56 Å². The third kappa shape index (κ3) is 3.13. The van der Waals surface area contributed by atoms with Gasteiger partial charge in [-0.2, -0.15) is 13.9 Å². The number of alkyl halides is 6. The van der Waals surface area contributed by atoms with E-state index in [1.165, 1.54) is 6.92 Å². The van der Waals surface area contributed by atoms with E-state index in [-0.39, 0.29) is 13.0 Å². The Bertz CT molecular complexity index is 515. The van der Waals surface area contributed by atoms with E-state index in [1.54, 1.807) is 0 Å². The number of carbonyl (C=O) groups is 1. The highest BCUT2D eigenvalue weighted by atomic mass is 19.3. The fourth-order valence-electron chi connectivity index (χ4n) is 2.15. The lowest BCUT2D eigenvalue weighted by molar-refractivity contribution is -0.122. The molecule has 4 nitrogen and oxygen atoms in total. The molecule has 0 amide bonds. The Kier molecular flexibility index (Phi) is 4.90. The third-order valence-electron chi connectivity index (χ3n) is 2.95. The van der Waals surface area contributed by atoms with Crippen molar-refractivity contribution in [2.24, 2.45) is 0 Å². The van der Waals surface area contributed by atoms with Gasteiger partial charge in [-0.05, 0) is 6.92 Å². The molecule has 10 heteroatoms. The smallest absolute Gasteiger partial charge is 0.290 e. The van der Waals surface area contributed by atoms with E-state index in [0.29, 0.717) is 4.68 Å². The molecule has 1 aromatic heterocycles. The lowest BCUT2D eigenvalue weighted by atomic mass is 9.89. The van der Waals surface area contributed by atoms with Crippen LogP contribution in [0, 0.1) is 0 Å². The summed E-state index contributed by atoms with van der Waals surface area (Å²) >= 11 is 0. The topological polar surface area (TPSA) is 55.1 Å². The van der Waals surface area contributed by atoms with Crippen molar-refractivity contribution in [3.63, 3.8) is 0 Å². The Labute approximate surface area is 115 Å². The van der Waals surface area contributed by atoms with Crippen molar-refractivity contribution >= 4 is 6.47 Å². The number of aryl methyl sites for hydroxylation is 1.